The highest BCUT2D eigenvalue weighted by molar-refractivity contribution is 7.75. The Morgan fingerprint density at radius 3 is 2.58 bits per heavy atom. The highest BCUT2D eigenvalue weighted by Gasteiger charge is 2.21. The number of amides is 1. The molecule has 0 aromatic rings. The molecule has 1 amide bonds. The van der Waals surface area contributed by atoms with Gasteiger partial charge in [0.25, 0.3) is 0 Å². The molecule has 4 heteroatoms. The maximum absolute atomic E-state index is 11.0. The first-order valence-corrected chi connectivity index (χ1v) is 4.74. The van der Waals surface area contributed by atoms with E-state index in [0.717, 1.165) is 31.8 Å². The van der Waals surface area contributed by atoms with E-state index in [1.807, 2.05) is 0 Å². The van der Waals surface area contributed by atoms with Crippen LogP contribution in [0.15, 0.2) is 0 Å². The molecule has 0 unspecified atom stereocenters. The number of piperidine rings is 1. The standard InChI is InChI=1S/C8H15NO2S/c1-2-7-3-5-9(6-4-7)8(10)11-12/h7,12H,2-6H2,1H3. The molecule has 0 aliphatic carbocycles. The van der Waals surface area contributed by atoms with Crippen molar-refractivity contribution in [2.75, 3.05) is 13.1 Å². The summed E-state index contributed by atoms with van der Waals surface area (Å²) in [6, 6.07) is 0. The fourth-order valence-corrected chi connectivity index (χ4v) is 1.70. The minimum atomic E-state index is -0.312. The summed E-state index contributed by atoms with van der Waals surface area (Å²) in [5, 5.41) is 0. The van der Waals surface area contributed by atoms with E-state index in [0.29, 0.717) is 0 Å². The van der Waals surface area contributed by atoms with Crippen LogP contribution in [-0.4, -0.2) is 24.1 Å². The molecule has 0 aromatic carbocycles. The van der Waals surface area contributed by atoms with Gasteiger partial charge in [-0.1, -0.05) is 13.3 Å². The van der Waals surface area contributed by atoms with Crippen molar-refractivity contribution >= 4 is 19.0 Å². The van der Waals surface area contributed by atoms with Crippen LogP contribution in [0.2, 0.25) is 0 Å². The van der Waals surface area contributed by atoms with Crippen molar-refractivity contribution in [2.45, 2.75) is 26.2 Å². The number of rotatable bonds is 1. The van der Waals surface area contributed by atoms with Crippen molar-refractivity contribution in [2.24, 2.45) is 5.92 Å². The summed E-state index contributed by atoms with van der Waals surface area (Å²) in [5.41, 5.74) is 0. The predicted molar refractivity (Wildman–Crippen MR) is 50.1 cm³/mol. The zero-order chi connectivity index (χ0) is 8.97. The molecule has 1 aliphatic heterocycles. The van der Waals surface area contributed by atoms with E-state index < -0.39 is 0 Å². The van der Waals surface area contributed by atoms with E-state index in [9.17, 15) is 4.79 Å². The van der Waals surface area contributed by atoms with Gasteiger partial charge in [0, 0.05) is 26.0 Å². The van der Waals surface area contributed by atoms with Crippen molar-refractivity contribution in [3.8, 4) is 0 Å². The Morgan fingerprint density at radius 2 is 2.17 bits per heavy atom. The number of thiol groups is 1. The number of hydrogen-bond donors (Lipinski definition) is 1. The van der Waals surface area contributed by atoms with Gasteiger partial charge in [-0.25, -0.2) is 4.79 Å². The highest BCUT2D eigenvalue weighted by atomic mass is 32.1. The molecule has 0 aromatic heterocycles. The Morgan fingerprint density at radius 1 is 1.58 bits per heavy atom. The van der Waals surface area contributed by atoms with Crippen LogP contribution in [0.1, 0.15) is 26.2 Å². The third-order valence-electron chi connectivity index (χ3n) is 2.53. The molecule has 1 saturated heterocycles. The maximum Gasteiger partial charge on any atom is 0.421 e. The van der Waals surface area contributed by atoms with E-state index in [2.05, 4.69) is 24.0 Å². The van der Waals surface area contributed by atoms with Crippen molar-refractivity contribution in [3.05, 3.63) is 0 Å². The van der Waals surface area contributed by atoms with Crippen LogP contribution in [0.5, 0.6) is 0 Å². The third kappa shape index (κ3) is 2.30. The predicted octanol–water partition coefficient (Wildman–Crippen LogP) is 2.09. The minimum absolute atomic E-state index is 0.312. The van der Waals surface area contributed by atoms with Crippen LogP contribution in [0.4, 0.5) is 4.79 Å². The van der Waals surface area contributed by atoms with Gasteiger partial charge in [-0.2, -0.15) is 0 Å². The van der Waals surface area contributed by atoms with Gasteiger partial charge in [0.15, 0.2) is 0 Å². The summed E-state index contributed by atoms with van der Waals surface area (Å²) in [5.74, 6) is 0.786. The fraction of sp³-hybridized carbons (Fsp3) is 0.875. The minimum Gasteiger partial charge on any atom is -0.378 e. The average Bonchev–Trinajstić information content (AvgIpc) is 2.17. The molecule has 3 nitrogen and oxygen atoms in total. The molecule has 12 heavy (non-hydrogen) atoms. The SMILES string of the molecule is CCC1CCN(C(=O)OS)CC1. The normalized spacial score (nSPS) is 19.3. The van der Waals surface area contributed by atoms with Gasteiger partial charge < -0.3 is 9.08 Å². The average molecular weight is 189 g/mol. The first kappa shape index (κ1) is 9.71. The lowest BCUT2D eigenvalue weighted by Crippen LogP contribution is -2.37. The van der Waals surface area contributed by atoms with Crippen LogP contribution in [0.25, 0.3) is 0 Å². The number of hydrogen-bond acceptors (Lipinski definition) is 3. The van der Waals surface area contributed by atoms with Gasteiger partial charge >= 0.3 is 6.09 Å². The summed E-state index contributed by atoms with van der Waals surface area (Å²) in [7, 11) is 0. The lowest BCUT2D eigenvalue weighted by atomic mass is 9.95. The van der Waals surface area contributed by atoms with E-state index in [-0.39, 0.29) is 6.09 Å². The highest BCUT2D eigenvalue weighted by Crippen LogP contribution is 2.20. The van der Waals surface area contributed by atoms with Crippen LogP contribution < -0.4 is 0 Å². The van der Waals surface area contributed by atoms with Crippen molar-refractivity contribution in [1.82, 2.24) is 4.90 Å². The van der Waals surface area contributed by atoms with Gasteiger partial charge in [0.1, 0.15) is 0 Å². The molecular formula is C8H15NO2S. The van der Waals surface area contributed by atoms with Gasteiger partial charge in [-0.3, -0.25) is 0 Å². The molecule has 1 rings (SSSR count). The first-order valence-electron chi connectivity index (χ1n) is 4.38. The van der Waals surface area contributed by atoms with E-state index in [1.54, 1.807) is 4.90 Å². The maximum atomic E-state index is 11.0. The molecule has 1 fully saturated rings. The summed E-state index contributed by atoms with van der Waals surface area (Å²) in [6.07, 6.45) is 3.09. The largest absolute Gasteiger partial charge is 0.421 e. The molecule has 0 radical (unpaired) electrons. The van der Waals surface area contributed by atoms with Crippen LogP contribution in [0.3, 0.4) is 0 Å². The van der Waals surface area contributed by atoms with Gasteiger partial charge in [-0.15, -0.1) is 0 Å². The molecule has 0 spiro atoms. The molecule has 0 saturated carbocycles. The van der Waals surface area contributed by atoms with Crippen molar-refractivity contribution < 1.29 is 8.98 Å². The van der Waals surface area contributed by atoms with Crippen LogP contribution >= 0.6 is 12.9 Å². The van der Waals surface area contributed by atoms with Crippen LogP contribution in [0, 0.1) is 5.92 Å². The molecular weight excluding hydrogens is 174 g/mol. The number of likely N-dealkylation sites (tertiary alicyclic amines) is 1. The Bertz CT molecular complexity index is 155. The lowest BCUT2D eigenvalue weighted by molar-refractivity contribution is 0.137. The van der Waals surface area contributed by atoms with Crippen LogP contribution in [-0.2, 0) is 4.18 Å². The molecule has 0 bridgehead atoms. The Kier molecular flexibility index (Phi) is 3.72. The molecule has 1 aliphatic rings. The summed E-state index contributed by atoms with van der Waals surface area (Å²) in [6.45, 7) is 3.83. The third-order valence-corrected chi connectivity index (χ3v) is 2.68. The summed E-state index contributed by atoms with van der Waals surface area (Å²) in [4.78, 5) is 12.7. The fourth-order valence-electron chi connectivity index (χ4n) is 1.58. The van der Waals surface area contributed by atoms with Crippen molar-refractivity contribution in [3.63, 3.8) is 0 Å². The second kappa shape index (κ2) is 4.60. The zero-order valence-electron chi connectivity index (χ0n) is 7.32. The van der Waals surface area contributed by atoms with Gasteiger partial charge in [0.2, 0.25) is 0 Å². The number of carbonyl (C=O) groups excluding carboxylic acids is 1. The van der Waals surface area contributed by atoms with Gasteiger partial charge in [0.05, 0.1) is 0 Å². The summed E-state index contributed by atoms with van der Waals surface area (Å²) >= 11 is 3.48. The number of nitrogens with zero attached hydrogens (tertiary/aromatic N) is 1. The van der Waals surface area contributed by atoms with Gasteiger partial charge in [-0.05, 0) is 18.8 Å². The second-order valence-electron chi connectivity index (χ2n) is 3.20. The molecule has 1 heterocycles. The first-order chi connectivity index (χ1) is 5.77. The smallest absolute Gasteiger partial charge is 0.378 e. The molecule has 70 valence electrons. The second-order valence-corrected chi connectivity index (χ2v) is 3.38. The van der Waals surface area contributed by atoms with E-state index >= 15 is 0 Å². The summed E-state index contributed by atoms with van der Waals surface area (Å²) < 4.78 is 4.34. The molecule has 0 N–H and O–H groups in total. The Hall–Kier alpha value is -0.380. The quantitative estimate of drug-likeness (QED) is 0.505. The van der Waals surface area contributed by atoms with E-state index in [1.165, 1.54) is 6.42 Å². The zero-order valence-corrected chi connectivity index (χ0v) is 8.22. The van der Waals surface area contributed by atoms with Crippen molar-refractivity contribution in [1.29, 1.82) is 0 Å². The lowest BCUT2D eigenvalue weighted by Gasteiger charge is -2.29. The number of carbonyl (C=O) groups is 1. The van der Waals surface area contributed by atoms with E-state index in [4.69, 9.17) is 0 Å². The molecule has 0 atom stereocenters. The monoisotopic (exact) mass is 189 g/mol. The Labute approximate surface area is 78.7 Å². The Balaban J connectivity index is 2.30. The topological polar surface area (TPSA) is 29.5 Å².